The summed E-state index contributed by atoms with van der Waals surface area (Å²) >= 11 is 0. The van der Waals surface area contributed by atoms with Crippen molar-refractivity contribution < 1.29 is 14.7 Å². The second kappa shape index (κ2) is 22.2. The Bertz CT molecular complexity index is 2020. The molecule has 0 unspecified atom stereocenters. The lowest BCUT2D eigenvalue weighted by molar-refractivity contribution is 0.0696. The number of nitrogens with one attached hydrogen (secondary N) is 1. The summed E-state index contributed by atoms with van der Waals surface area (Å²) in [6.45, 7) is 1.77. The van der Waals surface area contributed by atoms with Crippen LogP contribution in [0.2, 0.25) is 0 Å². The van der Waals surface area contributed by atoms with Crippen LogP contribution in [-0.2, 0) is 0 Å². The molecule has 4 aliphatic rings. The molecule has 2 aromatic heterocycles. The predicted octanol–water partition coefficient (Wildman–Crippen LogP) is 10.6. The fraction of sp³-hybridized carbons (Fsp3) is 0.462. The van der Waals surface area contributed by atoms with Gasteiger partial charge in [0.05, 0.1) is 5.56 Å². The number of amides is 1. The second-order valence-corrected chi connectivity index (χ2v) is 17.4. The van der Waals surface area contributed by atoms with Gasteiger partial charge in [0, 0.05) is 35.6 Å². The van der Waals surface area contributed by atoms with Crippen LogP contribution in [0.15, 0.2) is 97.3 Å². The zero-order chi connectivity index (χ0) is 41.2. The van der Waals surface area contributed by atoms with Gasteiger partial charge in [-0.2, -0.15) is 0 Å². The summed E-state index contributed by atoms with van der Waals surface area (Å²) in [5.74, 6) is 13.0. The number of carbonyl (C=O) groups is 2. The van der Waals surface area contributed by atoms with Crippen molar-refractivity contribution in [2.75, 3.05) is 13.1 Å². The van der Waals surface area contributed by atoms with E-state index < -0.39 is 5.97 Å². The number of carboxylic acid groups (broad SMARTS) is 1. The number of hydrogen-bond acceptors (Lipinski definition) is 5. The van der Waals surface area contributed by atoms with Gasteiger partial charge in [0.1, 0.15) is 11.4 Å². The Morgan fingerprint density at radius 2 is 1.03 bits per heavy atom. The van der Waals surface area contributed by atoms with Gasteiger partial charge in [-0.1, -0.05) is 101 Å². The summed E-state index contributed by atoms with van der Waals surface area (Å²) in [7, 11) is 0. The SMILES string of the molecule is NCC1(CC2CC2)CCCCCC1.O=C(NCC1(CC2CC2)CCCCCC1)c1ccc(C#Cc2ccccn2)cc1.O=C(O)c1ccc(C#Cc2ccccn2)cc1. The molecule has 1 amide bonds. The molecular formula is C52H62N4O3. The van der Waals surface area contributed by atoms with E-state index in [9.17, 15) is 9.59 Å². The van der Waals surface area contributed by atoms with Crippen LogP contribution in [0.4, 0.5) is 0 Å². The highest BCUT2D eigenvalue weighted by Gasteiger charge is 2.38. The lowest BCUT2D eigenvalue weighted by Crippen LogP contribution is -2.38. The molecule has 4 N–H and O–H groups in total. The van der Waals surface area contributed by atoms with Crippen molar-refractivity contribution in [2.24, 2.45) is 28.4 Å². The lowest BCUT2D eigenvalue weighted by atomic mass is 9.75. The van der Waals surface area contributed by atoms with E-state index in [1.54, 1.807) is 24.5 Å². The number of carbonyl (C=O) groups excluding carboxylic acids is 1. The van der Waals surface area contributed by atoms with Gasteiger partial charge >= 0.3 is 5.97 Å². The van der Waals surface area contributed by atoms with Crippen molar-refractivity contribution in [3.8, 4) is 23.7 Å². The van der Waals surface area contributed by atoms with Crippen molar-refractivity contribution in [1.82, 2.24) is 15.3 Å². The second-order valence-electron chi connectivity index (χ2n) is 17.4. The van der Waals surface area contributed by atoms with Crippen LogP contribution in [0, 0.1) is 46.3 Å². The van der Waals surface area contributed by atoms with Crippen molar-refractivity contribution in [2.45, 2.75) is 116 Å². The highest BCUT2D eigenvalue weighted by atomic mass is 16.4. The smallest absolute Gasteiger partial charge is 0.335 e. The minimum atomic E-state index is -0.936. The van der Waals surface area contributed by atoms with Gasteiger partial charge in [-0.05, 0) is 152 Å². The fourth-order valence-corrected chi connectivity index (χ4v) is 8.69. The molecule has 4 aromatic rings. The highest BCUT2D eigenvalue weighted by Crippen LogP contribution is 2.47. The molecule has 0 bridgehead atoms. The van der Waals surface area contributed by atoms with Gasteiger partial charge < -0.3 is 16.2 Å². The normalized spacial score (nSPS) is 17.8. The Balaban J connectivity index is 0.000000165. The molecule has 0 saturated heterocycles. The summed E-state index contributed by atoms with van der Waals surface area (Å²) in [5, 5.41) is 12.0. The summed E-state index contributed by atoms with van der Waals surface area (Å²) in [6.07, 6.45) is 28.4. The van der Waals surface area contributed by atoms with E-state index in [2.05, 4.69) is 39.0 Å². The largest absolute Gasteiger partial charge is 0.478 e. The standard InChI is InChI=1S/C26H30N2O.C14H9NO2.C12H23N/c29-25(28-20-26(19-22-8-9-22)16-4-1-2-5-17-26)23-13-10-21(11-14-23)12-15-24-7-3-6-18-27-24;16-14(17)12-7-4-11(5-8-12)6-9-13-3-1-2-10-15-13;13-10-12(9-11-5-6-11)7-3-1-2-4-8-12/h3,6-7,10-11,13-14,18,22H,1-2,4-5,8-9,16-17,19-20H2,(H,28,29);1-5,7-8,10H,(H,16,17);11H,1-10,13H2. The summed E-state index contributed by atoms with van der Waals surface area (Å²) in [4.78, 5) is 31.7. The molecule has 0 spiro atoms. The summed E-state index contributed by atoms with van der Waals surface area (Å²) in [6, 6.07) is 25.2. The summed E-state index contributed by atoms with van der Waals surface area (Å²) in [5.41, 5.74) is 10.9. The van der Waals surface area contributed by atoms with E-state index in [1.165, 1.54) is 128 Å². The van der Waals surface area contributed by atoms with E-state index in [0.29, 0.717) is 22.1 Å². The maximum absolute atomic E-state index is 12.8. The molecule has 0 radical (unpaired) electrons. The molecular weight excluding hydrogens is 729 g/mol. The quantitative estimate of drug-likeness (QED) is 0.115. The van der Waals surface area contributed by atoms with Gasteiger partial charge in [0.15, 0.2) is 0 Å². The maximum Gasteiger partial charge on any atom is 0.335 e. The van der Waals surface area contributed by atoms with Crippen LogP contribution in [0.3, 0.4) is 0 Å². The third kappa shape index (κ3) is 14.8. The third-order valence-corrected chi connectivity index (χ3v) is 12.5. The first-order chi connectivity index (χ1) is 28.8. The number of benzene rings is 2. The molecule has 308 valence electrons. The minimum absolute atomic E-state index is 0.0358. The minimum Gasteiger partial charge on any atom is -0.478 e. The van der Waals surface area contributed by atoms with E-state index >= 15 is 0 Å². The average molecular weight is 791 g/mol. The Morgan fingerprint density at radius 3 is 1.44 bits per heavy atom. The van der Waals surface area contributed by atoms with Crippen LogP contribution < -0.4 is 11.1 Å². The van der Waals surface area contributed by atoms with E-state index in [-0.39, 0.29) is 11.5 Å². The van der Waals surface area contributed by atoms with Crippen molar-refractivity contribution in [1.29, 1.82) is 0 Å². The Hall–Kier alpha value is -5.24. The number of rotatable bonds is 9. The van der Waals surface area contributed by atoms with Gasteiger partial charge in [-0.15, -0.1) is 0 Å². The number of nitrogens with two attached hydrogens (primary N) is 1. The lowest BCUT2D eigenvalue weighted by Gasteiger charge is -2.33. The first-order valence-corrected chi connectivity index (χ1v) is 22.1. The molecule has 0 atom stereocenters. The fourth-order valence-electron chi connectivity index (χ4n) is 8.69. The van der Waals surface area contributed by atoms with Gasteiger partial charge in [-0.25, -0.2) is 14.8 Å². The highest BCUT2D eigenvalue weighted by molar-refractivity contribution is 5.94. The maximum atomic E-state index is 12.8. The molecule has 4 saturated carbocycles. The van der Waals surface area contributed by atoms with Crippen molar-refractivity contribution in [3.63, 3.8) is 0 Å². The first kappa shape index (κ1) is 43.3. The van der Waals surface area contributed by atoms with Crippen LogP contribution in [-0.4, -0.2) is 40.0 Å². The average Bonchev–Trinajstić information content (AvgIpc) is 4.21. The van der Waals surface area contributed by atoms with Crippen LogP contribution in [0.1, 0.15) is 159 Å². The molecule has 59 heavy (non-hydrogen) atoms. The molecule has 4 aliphatic carbocycles. The van der Waals surface area contributed by atoms with E-state index in [4.69, 9.17) is 10.8 Å². The molecule has 2 aromatic carbocycles. The number of carboxylic acids is 1. The monoisotopic (exact) mass is 790 g/mol. The first-order valence-electron chi connectivity index (χ1n) is 22.1. The molecule has 8 rings (SSSR count). The zero-order valence-corrected chi connectivity index (χ0v) is 34.8. The third-order valence-electron chi connectivity index (χ3n) is 12.5. The van der Waals surface area contributed by atoms with Gasteiger partial charge in [0.2, 0.25) is 0 Å². The Kier molecular flexibility index (Phi) is 16.3. The number of pyridine rings is 2. The predicted molar refractivity (Wildman–Crippen MR) is 237 cm³/mol. The van der Waals surface area contributed by atoms with Crippen LogP contribution in [0.25, 0.3) is 0 Å². The molecule has 7 heteroatoms. The zero-order valence-electron chi connectivity index (χ0n) is 34.8. The molecule has 0 aliphatic heterocycles. The van der Waals surface area contributed by atoms with Gasteiger partial charge in [0.25, 0.3) is 5.91 Å². The van der Waals surface area contributed by atoms with Crippen molar-refractivity contribution in [3.05, 3.63) is 131 Å². The Labute approximate surface area is 352 Å². The molecule has 4 fully saturated rings. The molecule has 2 heterocycles. The Morgan fingerprint density at radius 1 is 0.593 bits per heavy atom. The number of nitrogens with zero attached hydrogens (tertiary/aromatic N) is 2. The van der Waals surface area contributed by atoms with Crippen LogP contribution in [0.5, 0.6) is 0 Å². The topological polar surface area (TPSA) is 118 Å². The summed E-state index contributed by atoms with van der Waals surface area (Å²) < 4.78 is 0. The number of aromatic carboxylic acids is 1. The van der Waals surface area contributed by atoms with E-state index in [0.717, 1.165) is 41.7 Å². The molecule has 7 nitrogen and oxygen atoms in total. The number of hydrogen-bond donors (Lipinski definition) is 3. The van der Waals surface area contributed by atoms with Crippen molar-refractivity contribution >= 4 is 11.9 Å². The van der Waals surface area contributed by atoms with Crippen LogP contribution >= 0.6 is 0 Å². The van der Waals surface area contributed by atoms with Gasteiger partial charge in [-0.3, -0.25) is 4.79 Å². The van der Waals surface area contributed by atoms with E-state index in [1.807, 2.05) is 60.7 Å². The number of aromatic nitrogens is 2.